The highest BCUT2D eigenvalue weighted by molar-refractivity contribution is 5.75. The summed E-state index contributed by atoms with van der Waals surface area (Å²) in [5.41, 5.74) is 1.12. The van der Waals surface area contributed by atoms with Crippen molar-refractivity contribution in [1.82, 2.24) is 10.3 Å². The van der Waals surface area contributed by atoms with Gasteiger partial charge in [0.2, 0.25) is 5.91 Å². The SMILES string of the molecule is CC(=O)NCCC#Cc1cc(C=O)ccn1. The van der Waals surface area contributed by atoms with Crippen LogP contribution in [0.15, 0.2) is 18.3 Å². The van der Waals surface area contributed by atoms with Crippen LogP contribution >= 0.6 is 0 Å². The third kappa shape index (κ3) is 4.38. The molecule has 1 aromatic heterocycles. The second kappa shape index (κ2) is 6.36. The minimum atomic E-state index is -0.0668. The van der Waals surface area contributed by atoms with Gasteiger partial charge < -0.3 is 5.32 Å². The smallest absolute Gasteiger partial charge is 0.216 e. The molecule has 1 heterocycles. The Hall–Kier alpha value is -2.15. The first-order chi connectivity index (χ1) is 7.72. The normalized spacial score (nSPS) is 8.81. The number of hydrogen-bond donors (Lipinski definition) is 1. The zero-order valence-corrected chi connectivity index (χ0v) is 8.99. The van der Waals surface area contributed by atoms with Crippen LogP contribution in [0.5, 0.6) is 0 Å². The van der Waals surface area contributed by atoms with Gasteiger partial charge in [0.15, 0.2) is 0 Å². The van der Waals surface area contributed by atoms with Crippen LogP contribution in [0.2, 0.25) is 0 Å². The molecular formula is C12H12N2O2. The Morgan fingerprint density at radius 2 is 2.44 bits per heavy atom. The average Bonchev–Trinajstić information content (AvgIpc) is 2.28. The fraction of sp³-hybridized carbons (Fsp3) is 0.250. The second-order valence-corrected chi connectivity index (χ2v) is 3.13. The van der Waals surface area contributed by atoms with Gasteiger partial charge in [-0.05, 0) is 18.1 Å². The first-order valence-electron chi connectivity index (χ1n) is 4.87. The van der Waals surface area contributed by atoms with Gasteiger partial charge in [-0.3, -0.25) is 9.59 Å². The Labute approximate surface area is 94.1 Å². The molecule has 0 unspecified atom stereocenters. The van der Waals surface area contributed by atoms with Crippen molar-refractivity contribution in [2.45, 2.75) is 13.3 Å². The number of nitrogens with zero attached hydrogens (tertiary/aromatic N) is 1. The van der Waals surface area contributed by atoms with E-state index in [1.54, 1.807) is 18.3 Å². The lowest BCUT2D eigenvalue weighted by Crippen LogP contribution is -2.20. The maximum Gasteiger partial charge on any atom is 0.216 e. The van der Waals surface area contributed by atoms with Crippen LogP contribution in [-0.4, -0.2) is 23.7 Å². The van der Waals surface area contributed by atoms with Crippen LogP contribution in [0.25, 0.3) is 0 Å². The molecule has 0 aliphatic rings. The van der Waals surface area contributed by atoms with Gasteiger partial charge in [0.1, 0.15) is 12.0 Å². The molecule has 4 heteroatoms. The van der Waals surface area contributed by atoms with Gasteiger partial charge in [-0.15, -0.1) is 0 Å². The predicted molar refractivity (Wildman–Crippen MR) is 59.8 cm³/mol. The third-order valence-corrected chi connectivity index (χ3v) is 1.76. The number of rotatable bonds is 3. The molecule has 0 saturated carbocycles. The Kier molecular flexibility index (Phi) is 4.74. The molecule has 1 N–H and O–H groups in total. The summed E-state index contributed by atoms with van der Waals surface area (Å²) in [6.07, 6.45) is 2.86. The van der Waals surface area contributed by atoms with E-state index in [0.29, 0.717) is 24.2 Å². The number of carbonyl (C=O) groups excluding carboxylic acids is 2. The fourth-order valence-electron chi connectivity index (χ4n) is 1.04. The van der Waals surface area contributed by atoms with Crippen LogP contribution in [0.4, 0.5) is 0 Å². The maximum atomic E-state index is 10.5. The van der Waals surface area contributed by atoms with Gasteiger partial charge in [-0.25, -0.2) is 4.98 Å². The topological polar surface area (TPSA) is 59.1 Å². The molecule has 0 aliphatic heterocycles. The van der Waals surface area contributed by atoms with Gasteiger partial charge in [0.05, 0.1) is 0 Å². The van der Waals surface area contributed by atoms with Gasteiger partial charge in [0, 0.05) is 31.6 Å². The summed E-state index contributed by atoms with van der Waals surface area (Å²) in [6, 6.07) is 3.24. The highest BCUT2D eigenvalue weighted by Gasteiger charge is 1.91. The number of amides is 1. The van der Waals surface area contributed by atoms with Gasteiger partial charge in [-0.1, -0.05) is 5.92 Å². The molecule has 0 atom stereocenters. The highest BCUT2D eigenvalue weighted by atomic mass is 16.1. The van der Waals surface area contributed by atoms with Crippen LogP contribution in [0.3, 0.4) is 0 Å². The number of aromatic nitrogens is 1. The van der Waals surface area contributed by atoms with Gasteiger partial charge >= 0.3 is 0 Å². The average molecular weight is 216 g/mol. The molecule has 1 aromatic rings. The van der Waals surface area contributed by atoms with Gasteiger partial charge in [-0.2, -0.15) is 0 Å². The zero-order valence-electron chi connectivity index (χ0n) is 8.99. The largest absolute Gasteiger partial charge is 0.355 e. The molecule has 1 rings (SSSR count). The number of aldehydes is 1. The van der Waals surface area contributed by atoms with Crippen LogP contribution < -0.4 is 5.32 Å². The summed E-state index contributed by atoms with van der Waals surface area (Å²) in [6.45, 7) is 1.98. The third-order valence-electron chi connectivity index (χ3n) is 1.76. The molecule has 0 bridgehead atoms. The summed E-state index contributed by atoms with van der Waals surface area (Å²) in [5.74, 6) is 5.62. The molecule has 82 valence electrons. The maximum absolute atomic E-state index is 10.5. The number of carbonyl (C=O) groups is 2. The lowest BCUT2D eigenvalue weighted by atomic mass is 10.2. The van der Waals surface area contributed by atoms with Crippen LogP contribution in [0, 0.1) is 11.8 Å². The minimum absolute atomic E-state index is 0.0668. The summed E-state index contributed by atoms with van der Waals surface area (Å²) in [7, 11) is 0. The summed E-state index contributed by atoms with van der Waals surface area (Å²) >= 11 is 0. The van der Waals surface area contributed by atoms with E-state index in [2.05, 4.69) is 22.1 Å². The van der Waals surface area contributed by atoms with Crippen molar-refractivity contribution in [3.8, 4) is 11.8 Å². The fourth-order valence-corrected chi connectivity index (χ4v) is 1.04. The lowest BCUT2D eigenvalue weighted by Gasteiger charge is -1.94. The molecule has 0 spiro atoms. The summed E-state index contributed by atoms with van der Waals surface area (Å²) < 4.78 is 0. The van der Waals surface area contributed by atoms with Crippen molar-refractivity contribution in [2.75, 3.05) is 6.54 Å². The predicted octanol–water partition coefficient (Wildman–Crippen LogP) is 0.772. The molecule has 0 aromatic carbocycles. The van der Waals surface area contributed by atoms with Crippen molar-refractivity contribution in [3.05, 3.63) is 29.6 Å². The molecule has 0 saturated heterocycles. The second-order valence-electron chi connectivity index (χ2n) is 3.13. The van der Waals surface area contributed by atoms with Gasteiger partial charge in [0.25, 0.3) is 0 Å². The van der Waals surface area contributed by atoms with Crippen molar-refractivity contribution in [2.24, 2.45) is 0 Å². The van der Waals surface area contributed by atoms with E-state index in [-0.39, 0.29) is 5.91 Å². The molecule has 1 amide bonds. The summed E-state index contributed by atoms with van der Waals surface area (Å²) in [4.78, 5) is 25.0. The van der Waals surface area contributed by atoms with Crippen LogP contribution in [-0.2, 0) is 4.79 Å². The monoisotopic (exact) mass is 216 g/mol. The number of pyridine rings is 1. The van der Waals surface area contributed by atoms with E-state index in [1.165, 1.54) is 6.92 Å². The van der Waals surface area contributed by atoms with E-state index in [4.69, 9.17) is 0 Å². The van der Waals surface area contributed by atoms with E-state index in [1.807, 2.05) is 0 Å². The Morgan fingerprint density at radius 3 is 3.12 bits per heavy atom. The van der Waals surface area contributed by atoms with Crippen LogP contribution in [0.1, 0.15) is 29.4 Å². The standard InChI is InChI=1S/C12H12N2O2/c1-10(16)13-6-3-2-4-12-8-11(9-15)5-7-14-12/h5,7-9H,3,6H2,1H3,(H,13,16). The molecule has 0 fully saturated rings. The van der Waals surface area contributed by atoms with Crippen molar-refractivity contribution >= 4 is 12.2 Å². The van der Waals surface area contributed by atoms with E-state index in [0.717, 1.165) is 6.29 Å². The quantitative estimate of drug-likeness (QED) is 0.461. The summed E-state index contributed by atoms with van der Waals surface area (Å²) in [5, 5.41) is 2.64. The number of hydrogen-bond acceptors (Lipinski definition) is 3. The van der Waals surface area contributed by atoms with Crippen molar-refractivity contribution in [3.63, 3.8) is 0 Å². The van der Waals surface area contributed by atoms with Crippen molar-refractivity contribution < 1.29 is 9.59 Å². The first kappa shape index (κ1) is 11.9. The molecule has 0 aliphatic carbocycles. The van der Waals surface area contributed by atoms with E-state index >= 15 is 0 Å². The minimum Gasteiger partial charge on any atom is -0.355 e. The Balaban J connectivity index is 2.49. The van der Waals surface area contributed by atoms with E-state index in [9.17, 15) is 9.59 Å². The number of nitrogens with one attached hydrogen (secondary N) is 1. The highest BCUT2D eigenvalue weighted by Crippen LogP contribution is 1.96. The molecule has 0 radical (unpaired) electrons. The molecule has 4 nitrogen and oxygen atoms in total. The lowest BCUT2D eigenvalue weighted by molar-refractivity contribution is -0.118. The zero-order chi connectivity index (χ0) is 11.8. The first-order valence-corrected chi connectivity index (χ1v) is 4.87. The molecular weight excluding hydrogens is 204 g/mol. The molecule has 16 heavy (non-hydrogen) atoms. The van der Waals surface area contributed by atoms with Crippen molar-refractivity contribution in [1.29, 1.82) is 0 Å². The Bertz CT molecular complexity index is 444. The Morgan fingerprint density at radius 1 is 1.62 bits per heavy atom. The van der Waals surface area contributed by atoms with E-state index < -0.39 is 0 Å².